The molecule has 3 N–H and O–H groups in total. The van der Waals surface area contributed by atoms with Crippen LogP contribution in [0.15, 0.2) is 0 Å². The monoisotopic (exact) mass is 297 g/mol. The molecular weight excluding hydrogens is 266 g/mol. The molecular formula is C16H31N3O2. The van der Waals surface area contributed by atoms with Gasteiger partial charge in [0.2, 0.25) is 0 Å². The number of nitrogens with zero attached hydrogens (tertiary/aromatic N) is 2. The fourth-order valence-corrected chi connectivity index (χ4v) is 3.98. The summed E-state index contributed by atoms with van der Waals surface area (Å²) in [7, 11) is 2.25. The fourth-order valence-electron chi connectivity index (χ4n) is 3.98. The van der Waals surface area contributed by atoms with Crippen LogP contribution in [0.4, 0.5) is 0 Å². The number of hydrogen-bond acceptors (Lipinski definition) is 4. The van der Waals surface area contributed by atoms with E-state index in [-0.39, 0.29) is 0 Å². The van der Waals surface area contributed by atoms with Crippen molar-refractivity contribution in [2.75, 3.05) is 33.2 Å². The molecule has 3 unspecified atom stereocenters. The third kappa shape index (κ3) is 3.96. The SMILES string of the molecule is CCC(N)(CCCN1CCC2C(CCCN2C)C1)C(=O)O. The molecule has 0 aromatic rings. The van der Waals surface area contributed by atoms with Crippen LogP contribution < -0.4 is 5.73 Å². The summed E-state index contributed by atoms with van der Waals surface area (Å²) in [5.74, 6) is -0.0663. The van der Waals surface area contributed by atoms with Crippen molar-refractivity contribution in [1.29, 1.82) is 0 Å². The predicted octanol–water partition coefficient (Wildman–Crippen LogP) is 1.37. The highest BCUT2D eigenvalue weighted by Crippen LogP contribution is 2.29. The van der Waals surface area contributed by atoms with E-state index in [9.17, 15) is 9.90 Å². The van der Waals surface area contributed by atoms with Gasteiger partial charge in [-0.05, 0) is 71.1 Å². The Labute approximate surface area is 128 Å². The van der Waals surface area contributed by atoms with Crippen LogP contribution >= 0.6 is 0 Å². The molecule has 2 saturated heterocycles. The summed E-state index contributed by atoms with van der Waals surface area (Å²) in [6, 6.07) is 0.762. The minimum absolute atomic E-state index is 0.498. The van der Waals surface area contributed by atoms with E-state index >= 15 is 0 Å². The predicted molar refractivity (Wildman–Crippen MR) is 84.3 cm³/mol. The molecule has 3 atom stereocenters. The van der Waals surface area contributed by atoms with Crippen LogP contribution in [0.1, 0.15) is 45.4 Å². The number of rotatable bonds is 6. The second kappa shape index (κ2) is 7.07. The van der Waals surface area contributed by atoms with Gasteiger partial charge in [0.15, 0.2) is 0 Å². The molecule has 0 saturated carbocycles. The van der Waals surface area contributed by atoms with E-state index in [1.165, 1.54) is 32.4 Å². The zero-order valence-electron chi connectivity index (χ0n) is 13.6. The van der Waals surface area contributed by atoms with Gasteiger partial charge in [0.05, 0.1) is 0 Å². The Morgan fingerprint density at radius 1 is 1.38 bits per heavy atom. The van der Waals surface area contributed by atoms with Crippen molar-refractivity contribution < 1.29 is 9.90 Å². The van der Waals surface area contributed by atoms with E-state index in [0.29, 0.717) is 12.8 Å². The van der Waals surface area contributed by atoms with E-state index < -0.39 is 11.5 Å². The molecule has 5 heteroatoms. The molecule has 2 heterocycles. The average molecular weight is 297 g/mol. The second-order valence-corrected chi connectivity index (χ2v) is 6.96. The zero-order valence-corrected chi connectivity index (χ0v) is 13.6. The third-order valence-corrected chi connectivity index (χ3v) is 5.58. The van der Waals surface area contributed by atoms with Crippen molar-refractivity contribution >= 4 is 5.97 Å². The molecule has 0 spiro atoms. The Bertz CT molecular complexity index is 363. The summed E-state index contributed by atoms with van der Waals surface area (Å²) in [5, 5.41) is 9.21. The molecule has 2 rings (SSSR count). The second-order valence-electron chi connectivity index (χ2n) is 6.96. The number of piperidine rings is 2. The number of fused-ring (bicyclic) bond motifs is 1. The Kier molecular flexibility index (Phi) is 5.63. The number of carbonyl (C=O) groups is 1. The van der Waals surface area contributed by atoms with Gasteiger partial charge in [-0.15, -0.1) is 0 Å². The molecule has 0 bridgehead atoms. The number of likely N-dealkylation sites (tertiary alicyclic amines) is 2. The fraction of sp³-hybridized carbons (Fsp3) is 0.938. The smallest absolute Gasteiger partial charge is 0.323 e. The Morgan fingerprint density at radius 3 is 2.81 bits per heavy atom. The Hall–Kier alpha value is -0.650. The highest BCUT2D eigenvalue weighted by atomic mass is 16.4. The van der Waals surface area contributed by atoms with Crippen LogP contribution in [0.5, 0.6) is 0 Å². The topological polar surface area (TPSA) is 69.8 Å². The highest BCUT2D eigenvalue weighted by Gasteiger charge is 2.35. The van der Waals surface area contributed by atoms with Crippen LogP contribution in [0.25, 0.3) is 0 Å². The Balaban J connectivity index is 1.76. The first kappa shape index (κ1) is 16.7. The normalized spacial score (nSPS) is 30.6. The molecule has 0 radical (unpaired) electrons. The van der Waals surface area contributed by atoms with Gasteiger partial charge >= 0.3 is 5.97 Å². The van der Waals surface area contributed by atoms with Crippen LogP contribution in [0, 0.1) is 5.92 Å². The maximum atomic E-state index is 11.2. The minimum atomic E-state index is -1.04. The highest BCUT2D eigenvalue weighted by molar-refractivity contribution is 5.78. The molecule has 0 aromatic heterocycles. The molecule has 0 aliphatic carbocycles. The molecule has 2 aliphatic heterocycles. The van der Waals surface area contributed by atoms with Crippen LogP contribution in [-0.4, -0.2) is 65.7 Å². The van der Waals surface area contributed by atoms with Crippen molar-refractivity contribution in [2.45, 2.75) is 57.0 Å². The van der Waals surface area contributed by atoms with Gasteiger partial charge in [-0.1, -0.05) is 6.92 Å². The largest absolute Gasteiger partial charge is 0.480 e. The van der Waals surface area contributed by atoms with Crippen molar-refractivity contribution in [2.24, 2.45) is 11.7 Å². The molecule has 21 heavy (non-hydrogen) atoms. The zero-order chi connectivity index (χ0) is 15.5. The van der Waals surface area contributed by atoms with Gasteiger partial charge < -0.3 is 20.6 Å². The standard InChI is InChI=1S/C16H31N3O2/c1-3-16(17,15(20)21)8-5-10-19-11-7-14-13(12-19)6-4-9-18(14)2/h13-14H,3-12,17H2,1-2H3,(H,20,21). The summed E-state index contributed by atoms with van der Waals surface area (Å²) in [6.45, 7) is 6.40. The first-order valence-electron chi connectivity index (χ1n) is 8.41. The minimum Gasteiger partial charge on any atom is -0.480 e. The third-order valence-electron chi connectivity index (χ3n) is 5.58. The Morgan fingerprint density at radius 2 is 2.14 bits per heavy atom. The molecule has 0 amide bonds. The van der Waals surface area contributed by atoms with E-state index in [2.05, 4.69) is 16.8 Å². The number of carboxylic acids is 1. The van der Waals surface area contributed by atoms with Gasteiger partial charge in [0.1, 0.15) is 5.54 Å². The van der Waals surface area contributed by atoms with Crippen LogP contribution in [-0.2, 0) is 4.79 Å². The summed E-state index contributed by atoms with van der Waals surface area (Å²) in [5.41, 5.74) is 4.92. The van der Waals surface area contributed by atoms with E-state index in [4.69, 9.17) is 5.73 Å². The lowest BCUT2D eigenvalue weighted by Crippen LogP contribution is -2.53. The molecule has 0 aromatic carbocycles. The summed E-state index contributed by atoms with van der Waals surface area (Å²) in [6.07, 6.45) is 5.86. The summed E-state index contributed by atoms with van der Waals surface area (Å²) in [4.78, 5) is 16.3. The van der Waals surface area contributed by atoms with Crippen molar-refractivity contribution in [1.82, 2.24) is 9.80 Å². The lowest BCUT2D eigenvalue weighted by molar-refractivity contribution is -0.143. The van der Waals surface area contributed by atoms with Crippen molar-refractivity contribution in [3.05, 3.63) is 0 Å². The van der Waals surface area contributed by atoms with Crippen LogP contribution in [0.2, 0.25) is 0 Å². The van der Waals surface area contributed by atoms with E-state index in [1.54, 1.807) is 0 Å². The lowest BCUT2D eigenvalue weighted by atomic mass is 9.84. The number of carboxylic acid groups (broad SMARTS) is 1. The first-order valence-corrected chi connectivity index (χ1v) is 8.41. The van der Waals surface area contributed by atoms with E-state index in [0.717, 1.165) is 31.5 Å². The average Bonchev–Trinajstić information content (AvgIpc) is 2.47. The number of hydrogen-bond donors (Lipinski definition) is 2. The maximum Gasteiger partial charge on any atom is 0.323 e. The number of aliphatic carboxylic acids is 1. The molecule has 2 fully saturated rings. The number of nitrogens with two attached hydrogens (primary N) is 1. The lowest BCUT2D eigenvalue weighted by Gasteiger charge is -2.46. The maximum absolute atomic E-state index is 11.2. The summed E-state index contributed by atoms with van der Waals surface area (Å²) < 4.78 is 0. The van der Waals surface area contributed by atoms with E-state index in [1.807, 2.05) is 6.92 Å². The quantitative estimate of drug-likeness (QED) is 0.775. The van der Waals surface area contributed by atoms with Gasteiger partial charge in [-0.3, -0.25) is 4.79 Å². The van der Waals surface area contributed by atoms with Crippen molar-refractivity contribution in [3.8, 4) is 0 Å². The van der Waals surface area contributed by atoms with Gasteiger partial charge in [-0.2, -0.15) is 0 Å². The first-order chi connectivity index (χ1) is 9.96. The molecule has 2 aliphatic rings. The van der Waals surface area contributed by atoms with Crippen molar-refractivity contribution in [3.63, 3.8) is 0 Å². The summed E-state index contributed by atoms with van der Waals surface area (Å²) >= 11 is 0. The van der Waals surface area contributed by atoms with Gasteiger partial charge in [0.25, 0.3) is 0 Å². The molecule has 5 nitrogen and oxygen atoms in total. The molecule has 122 valence electrons. The van der Waals surface area contributed by atoms with Gasteiger partial charge in [-0.25, -0.2) is 0 Å². The van der Waals surface area contributed by atoms with Crippen LogP contribution in [0.3, 0.4) is 0 Å². The van der Waals surface area contributed by atoms with Gasteiger partial charge in [0, 0.05) is 12.6 Å².